The van der Waals surface area contributed by atoms with Crippen molar-refractivity contribution in [3.63, 3.8) is 0 Å². The van der Waals surface area contributed by atoms with Gasteiger partial charge in [0, 0.05) is 18.3 Å². The highest BCUT2D eigenvalue weighted by molar-refractivity contribution is 7.09. The van der Waals surface area contributed by atoms with Crippen LogP contribution in [0.2, 0.25) is 0 Å². The largest absolute Gasteiger partial charge is 0.330 e. The molecule has 0 bridgehead atoms. The van der Waals surface area contributed by atoms with Crippen molar-refractivity contribution in [2.24, 2.45) is 17.6 Å². The van der Waals surface area contributed by atoms with Gasteiger partial charge in [-0.2, -0.15) is 0 Å². The van der Waals surface area contributed by atoms with Crippen LogP contribution in [-0.2, 0) is 13.0 Å². The molecule has 0 amide bonds. The Hall–Kier alpha value is -0.450. The van der Waals surface area contributed by atoms with E-state index in [1.54, 1.807) is 11.3 Å². The normalized spacial score (nSPS) is 21.8. The highest BCUT2D eigenvalue weighted by atomic mass is 32.1. The van der Waals surface area contributed by atoms with Crippen molar-refractivity contribution < 1.29 is 0 Å². The maximum atomic E-state index is 5.57. The van der Waals surface area contributed by atoms with E-state index in [9.17, 15) is 0 Å². The molecule has 1 unspecified atom stereocenters. The molecule has 0 aromatic carbocycles. The van der Waals surface area contributed by atoms with Crippen LogP contribution in [0.25, 0.3) is 0 Å². The lowest BCUT2D eigenvalue weighted by Gasteiger charge is -2.20. The Morgan fingerprint density at radius 3 is 3.00 bits per heavy atom. The van der Waals surface area contributed by atoms with Crippen LogP contribution in [-0.4, -0.2) is 29.5 Å². The van der Waals surface area contributed by atoms with Crippen LogP contribution in [0.3, 0.4) is 0 Å². The van der Waals surface area contributed by atoms with Crippen LogP contribution in [0.15, 0.2) is 5.38 Å². The zero-order valence-corrected chi connectivity index (χ0v) is 13.1. The van der Waals surface area contributed by atoms with Crippen molar-refractivity contribution >= 4 is 11.3 Å². The van der Waals surface area contributed by atoms with Crippen molar-refractivity contribution in [3.05, 3.63) is 16.1 Å². The highest BCUT2D eigenvalue weighted by Crippen LogP contribution is 2.25. The fourth-order valence-corrected chi connectivity index (χ4v) is 3.70. The molecule has 1 saturated heterocycles. The maximum absolute atomic E-state index is 5.57. The second-order valence-corrected chi connectivity index (χ2v) is 6.93. The molecule has 1 atom stereocenters. The molecule has 2 N–H and O–H groups in total. The van der Waals surface area contributed by atoms with Gasteiger partial charge in [0.1, 0.15) is 0 Å². The van der Waals surface area contributed by atoms with Crippen LogP contribution in [0.1, 0.15) is 43.8 Å². The van der Waals surface area contributed by atoms with E-state index in [4.69, 9.17) is 5.73 Å². The van der Waals surface area contributed by atoms with Crippen LogP contribution in [0.4, 0.5) is 0 Å². The van der Waals surface area contributed by atoms with E-state index in [2.05, 4.69) is 29.1 Å². The summed E-state index contributed by atoms with van der Waals surface area (Å²) < 4.78 is 0. The van der Waals surface area contributed by atoms with Crippen LogP contribution in [0, 0.1) is 11.8 Å². The van der Waals surface area contributed by atoms with E-state index < -0.39 is 0 Å². The van der Waals surface area contributed by atoms with E-state index in [0.29, 0.717) is 6.54 Å². The number of thiazole rings is 1. The molecule has 1 fully saturated rings. The summed E-state index contributed by atoms with van der Waals surface area (Å²) in [6.07, 6.45) is 4.99. The third-order valence-electron chi connectivity index (χ3n) is 4.15. The number of nitrogens with zero attached hydrogens (tertiary/aromatic N) is 2. The van der Waals surface area contributed by atoms with Gasteiger partial charge >= 0.3 is 0 Å². The lowest BCUT2D eigenvalue weighted by atomic mass is 9.89. The summed E-state index contributed by atoms with van der Waals surface area (Å²) in [6, 6.07) is 0. The van der Waals surface area contributed by atoms with Gasteiger partial charge in [-0.05, 0) is 50.7 Å². The van der Waals surface area contributed by atoms with E-state index in [-0.39, 0.29) is 0 Å². The minimum absolute atomic E-state index is 0.701. The second kappa shape index (κ2) is 7.36. The second-order valence-electron chi connectivity index (χ2n) is 5.98. The van der Waals surface area contributed by atoms with Crippen molar-refractivity contribution in [1.82, 2.24) is 9.88 Å². The predicted molar refractivity (Wildman–Crippen MR) is 82.3 cm³/mol. The molecule has 1 aromatic rings. The van der Waals surface area contributed by atoms with Crippen LogP contribution < -0.4 is 5.73 Å². The Labute approximate surface area is 121 Å². The third-order valence-corrected chi connectivity index (χ3v) is 5.11. The van der Waals surface area contributed by atoms with Gasteiger partial charge in [0.2, 0.25) is 0 Å². The zero-order chi connectivity index (χ0) is 13.7. The molecule has 19 heavy (non-hydrogen) atoms. The van der Waals surface area contributed by atoms with Crippen molar-refractivity contribution in [2.45, 2.75) is 46.1 Å². The number of hydrogen-bond donors (Lipinski definition) is 1. The number of rotatable bonds is 5. The Balaban J connectivity index is 1.85. The summed E-state index contributed by atoms with van der Waals surface area (Å²) >= 11 is 1.76. The number of nitrogens with two attached hydrogens (primary N) is 1. The average molecular weight is 281 g/mol. The molecule has 4 heteroatoms. The lowest BCUT2D eigenvalue weighted by Crippen LogP contribution is -2.24. The van der Waals surface area contributed by atoms with Gasteiger partial charge < -0.3 is 5.73 Å². The summed E-state index contributed by atoms with van der Waals surface area (Å²) in [4.78, 5) is 7.25. The lowest BCUT2D eigenvalue weighted by molar-refractivity contribution is 0.262. The Morgan fingerprint density at radius 1 is 1.42 bits per heavy atom. The summed E-state index contributed by atoms with van der Waals surface area (Å²) in [5.74, 6) is 1.74. The van der Waals surface area contributed by atoms with Crippen LogP contribution >= 0.6 is 11.3 Å². The quantitative estimate of drug-likeness (QED) is 0.902. The predicted octanol–water partition coefficient (Wildman–Crippen LogP) is 2.90. The molecule has 1 aliphatic rings. The topological polar surface area (TPSA) is 42.1 Å². The first kappa shape index (κ1) is 14.9. The molecular formula is C15H27N3S. The van der Waals surface area contributed by atoms with Gasteiger partial charge in [-0.3, -0.25) is 4.90 Å². The summed E-state index contributed by atoms with van der Waals surface area (Å²) in [7, 11) is 0. The molecule has 1 aromatic heterocycles. The number of aromatic nitrogens is 1. The van der Waals surface area contributed by atoms with E-state index in [1.165, 1.54) is 43.1 Å². The van der Waals surface area contributed by atoms with Crippen molar-refractivity contribution in [2.75, 3.05) is 19.6 Å². The number of hydrogen-bond acceptors (Lipinski definition) is 4. The Bertz CT molecular complexity index is 375. The molecule has 1 aliphatic heterocycles. The fourth-order valence-electron chi connectivity index (χ4n) is 2.90. The fraction of sp³-hybridized carbons (Fsp3) is 0.800. The smallest absolute Gasteiger partial charge is 0.0941 e. The SMILES string of the molecule is CC(C)C1CCCN(Cc2csc(CCN)n2)CC1. The van der Waals surface area contributed by atoms with E-state index in [0.717, 1.165) is 24.8 Å². The zero-order valence-electron chi connectivity index (χ0n) is 12.3. The summed E-state index contributed by atoms with van der Waals surface area (Å²) in [5, 5.41) is 3.39. The molecule has 2 heterocycles. The Morgan fingerprint density at radius 2 is 2.26 bits per heavy atom. The minimum atomic E-state index is 0.701. The van der Waals surface area contributed by atoms with Crippen LogP contribution in [0.5, 0.6) is 0 Å². The minimum Gasteiger partial charge on any atom is -0.330 e. The summed E-state index contributed by atoms with van der Waals surface area (Å²) in [5.41, 5.74) is 6.81. The molecule has 0 aliphatic carbocycles. The highest BCUT2D eigenvalue weighted by Gasteiger charge is 2.19. The first-order chi connectivity index (χ1) is 9.19. The molecule has 0 spiro atoms. The van der Waals surface area contributed by atoms with E-state index >= 15 is 0 Å². The van der Waals surface area contributed by atoms with Gasteiger partial charge in [-0.25, -0.2) is 4.98 Å². The molecule has 2 rings (SSSR count). The van der Waals surface area contributed by atoms with Gasteiger partial charge in [-0.15, -0.1) is 11.3 Å². The monoisotopic (exact) mass is 281 g/mol. The molecule has 108 valence electrons. The van der Waals surface area contributed by atoms with Gasteiger partial charge in [0.15, 0.2) is 0 Å². The van der Waals surface area contributed by atoms with Gasteiger partial charge in [0.05, 0.1) is 10.7 Å². The van der Waals surface area contributed by atoms with Gasteiger partial charge in [-0.1, -0.05) is 13.8 Å². The van der Waals surface area contributed by atoms with Gasteiger partial charge in [0.25, 0.3) is 0 Å². The first-order valence-electron chi connectivity index (χ1n) is 7.54. The third kappa shape index (κ3) is 4.55. The van der Waals surface area contributed by atoms with E-state index in [1.807, 2.05) is 0 Å². The number of likely N-dealkylation sites (tertiary alicyclic amines) is 1. The summed E-state index contributed by atoms with van der Waals surface area (Å²) in [6.45, 7) is 8.90. The molecule has 0 saturated carbocycles. The standard InChI is InChI=1S/C15H27N3S/c1-12(2)13-4-3-8-18(9-6-13)10-14-11-19-15(17-14)5-7-16/h11-13H,3-10,16H2,1-2H3. The average Bonchev–Trinajstić information content (AvgIpc) is 2.67. The molecule has 3 nitrogen and oxygen atoms in total. The van der Waals surface area contributed by atoms with Crippen molar-refractivity contribution in [3.8, 4) is 0 Å². The first-order valence-corrected chi connectivity index (χ1v) is 8.42. The molecule has 0 radical (unpaired) electrons. The molecular weight excluding hydrogens is 254 g/mol. The van der Waals surface area contributed by atoms with Crippen molar-refractivity contribution in [1.29, 1.82) is 0 Å². The Kier molecular flexibility index (Phi) is 5.79. The maximum Gasteiger partial charge on any atom is 0.0941 e.